The molecular formula is C31H26N2. The average Bonchev–Trinajstić information content (AvgIpc) is 3.20. The van der Waals surface area contributed by atoms with Gasteiger partial charge in [0.1, 0.15) is 0 Å². The lowest BCUT2D eigenvalue weighted by Gasteiger charge is -2.11. The van der Waals surface area contributed by atoms with E-state index in [9.17, 15) is 0 Å². The number of hydrogen-bond donors (Lipinski definition) is 1. The second kappa shape index (κ2) is 8.76. The van der Waals surface area contributed by atoms with Crippen molar-refractivity contribution < 1.29 is 0 Å². The fraction of sp³-hybridized carbons (Fsp3) is 0.0645. The largest absolute Gasteiger partial charge is 0.309 e. The summed E-state index contributed by atoms with van der Waals surface area (Å²) >= 11 is 0. The molecule has 1 N–H and O–H groups in total. The molecule has 0 aliphatic rings. The minimum absolute atomic E-state index is 0.851. The van der Waals surface area contributed by atoms with Gasteiger partial charge in [-0.25, -0.2) is 0 Å². The molecule has 1 aromatic heterocycles. The summed E-state index contributed by atoms with van der Waals surface area (Å²) in [5.41, 5.74) is 6.77. The first-order valence-electron chi connectivity index (χ1n) is 11.2. The number of benzene rings is 4. The fourth-order valence-corrected chi connectivity index (χ4v) is 4.64. The van der Waals surface area contributed by atoms with Gasteiger partial charge in [0.05, 0.1) is 11.0 Å². The predicted octanol–water partition coefficient (Wildman–Crippen LogP) is 8.27. The third-order valence-electron chi connectivity index (χ3n) is 6.20. The maximum atomic E-state index is 7.78. The topological polar surface area (TPSA) is 28.8 Å². The Hall–Kier alpha value is -4.17. The Balaban J connectivity index is 1.87. The number of aromatic nitrogens is 1. The molecular weight excluding hydrogens is 400 g/mol. The van der Waals surface area contributed by atoms with Gasteiger partial charge in [-0.1, -0.05) is 85.5 Å². The highest BCUT2D eigenvalue weighted by atomic mass is 15.0. The third-order valence-corrected chi connectivity index (χ3v) is 6.20. The summed E-state index contributed by atoms with van der Waals surface area (Å²) in [5.74, 6) is 0. The molecule has 0 aliphatic carbocycles. The molecule has 33 heavy (non-hydrogen) atoms. The van der Waals surface area contributed by atoms with Crippen LogP contribution in [-0.2, 0) is 6.42 Å². The zero-order valence-electron chi connectivity index (χ0n) is 18.8. The fourth-order valence-electron chi connectivity index (χ4n) is 4.64. The molecule has 0 fully saturated rings. The SMILES string of the molecule is C=C/C=C(\C=N)c1ccc2c(ccc3c4ccc(C/C=C\C)cc4n(-c4ccccc4)c23)c1. The van der Waals surface area contributed by atoms with Crippen molar-refractivity contribution in [2.45, 2.75) is 13.3 Å². The molecule has 0 atom stereocenters. The monoisotopic (exact) mass is 426 g/mol. The van der Waals surface area contributed by atoms with Crippen LogP contribution in [0, 0.1) is 5.41 Å². The highest BCUT2D eigenvalue weighted by Gasteiger charge is 2.15. The first-order valence-corrected chi connectivity index (χ1v) is 11.2. The summed E-state index contributed by atoms with van der Waals surface area (Å²) in [6.07, 6.45) is 10.2. The van der Waals surface area contributed by atoms with Crippen LogP contribution in [0.15, 0.2) is 110 Å². The Morgan fingerprint density at radius 1 is 0.909 bits per heavy atom. The van der Waals surface area contributed by atoms with E-state index >= 15 is 0 Å². The molecule has 1 heterocycles. The molecule has 5 rings (SSSR count). The Bertz CT molecular complexity index is 1560. The number of nitrogens with one attached hydrogen (secondary N) is 1. The van der Waals surface area contributed by atoms with E-state index < -0.39 is 0 Å². The molecule has 0 aliphatic heterocycles. The van der Waals surface area contributed by atoms with Crippen LogP contribution in [0.2, 0.25) is 0 Å². The van der Waals surface area contributed by atoms with Crippen LogP contribution in [-0.4, -0.2) is 10.8 Å². The number of rotatable bonds is 6. The summed E-state index contributed by atoms with van der Waals surface area (Å²) < 4.78 is 2.39. The van der Waals surface area contributed by atoms with Gasteiger partial charge in [-0.2, -0.15) is 0 Å². The first-order chi connectivity index (χ1) is 16.2. The van der Waals surface area contributed by atoms with Gasteiger partial charge in [-0.3, -0.25) is 0 Å². The Labute approximate surface area is 194 Å². The van der Waals surface area contributed by atoms with Crippen LogP contribution in [0.5, 0.6) is 0 Å². The molecule has 0 bridgehead atoms. The maximum absolute atomic E-state index is 7.78. The van der Waals surface area contributed by atoms with Crippen LogP contribution < -0.4 is 0 Å². The van der Waals surface area contributed by atoms with E-state index in [1.807, 2.05) is 6.08 Å². The Morgan fingerprint density at radius 2 is 1.70 bits per heavy atom. The molecule has 0 spiro atoms. The number of nitrogens with zero attached hydrogens (tertiary/aromatic N) is 1. The van der Waals surface area contributed by atoms with Crippen molar-refractivity contribution in [3.8, 4) is 5.69 Å². The predicted molar refractivity (Wildman–Crippen MR) is 144 cm³/mol. The van der Waals surface area contributed by atoms with Gasteiger partial charge in [-0.15, -0.1) is 0 Å². The molecule has 2 nitrogen and oxygen atoms in total. The molecule has 0 saturated heterocycles. The summed E-state index contributed by atoms with van der Waals surface area (Å²) in [7, 11) is 0. The number of fused-ring (bicyclic) bond motifs is 5. The lowest BCUT2D eigenvalue weighted by atomic mass is 9.99. The van der Waals surface area contributed by atoms with Crippen molar-refractivity contribution in [1.82, 2.24) is 4.57 Å². The van der Waals surface area contributed by atoms with Gasteiger partial charge in [-0.05, 0) is 59.7 Å². The minimum atomic E-state index is 0.851. The zero-order chi connectivity index (χ0) is 22.8. The van der Waals surface area contributed by atoms with E-state index in [0.717, 1.165) is 28.6 Å². The smallest absolute Gasteiger partial charge is 0.0619 e. The maximum Gasteiger partial charge on any atom is 0.0619 e. The van der Waals surface area contributed by atoms with E-state index in [0.29, 0.717) is 0 Å². The second-order valence-electron chi connectivity index (χ2n) is 8.20. The highest BCUT2D eigenvalue weighted by Crippen LogP contribution is 2.37. The zero-order valence-corrected chi connectivity index (χ0v) is 18.8. The first kappa shape index (κ1) is 20.7. The van der Waals surface area contributed by atoms with Crippen molar-refractivity contribution in [3.05, 3.63) is 121 Å². The molecule has 5 aromatic rings. The Morgan fingerprint density at radius 3 is 2.45 bits per heavy atom. The van der Waals surface area contributed by atoms with Gasteiger partial charge >= 0.3 is 0 Å². The molecule has 2 heteroatoms. The molecule has 4 aromatic carbocycles. The summed E-state index contributed by atoms with van der Waals surface area (Å²) in [6.45, 7) is 5.85. The van der Waals surface area contributed by atoms with E-state index in [1.54, 1.807) is 6.08 Å². The average molecular weight is 427 g/mol. The van der Waals surface area contributed by atoms with Crippen molar-refractivity contribution in [2.75, 3.05) is 0 Å². The summed E-state index contributed by atoms with van der Waals surface area (Å²) in [4.78, 5) is 0. The van der Waals surface area contributed by atoms with Crippen molar-refractivity contribution in [2.24, 2.45) is 0 Å². The van der Waals surface area contributed by atoms with Crippen LogP contribution in [0.4, 0.5) is 0 Å². The van der Waals surface area contributed by atoms with E-state index in [2.05, 4.69) is 109 Å². The van der Waals surface area contributed by atoms with Gasteiger partial charge in [0.25, 0.3) is 0 Å². The van der Waals surface area contributed by atoms with Gasteiger partial charge in [0, 0.05) is 28.1 Å². The number of allylic oxidation sites excluding steroid dienone is 5. The van der Waals surface area contributed by atoms with E-state index in [4.69, 9.17) is 5.41 Å². The molecule has 160 valence electrons. The van der Waals surface area contributed by atoms with Crippen molar-refractivity contribution in [1.29, 1.82) is 5.41 Å². The van der Waals surface area contributed by atoms with Gasteiger partial charge in [0.2, 0.25) is 0 Å². The van der Waals surface area contributed by atoms with E-state index in [1.165, 1.54) is 39.0 Å². The molecule has 0 radical (unpaired) electrons. The lowest BCUT2D eigenvalue weighted by molar-refractivity contribution is 1.17. The normalized spacial score (nSPS) is 12.2. The van der Waals surface area contributed by atoms with Crippen LogP contribution in [0.25, 0.3) is 43.8 Å². The Kier molecular flexibility index (Phi) is 5.50. The van der Waals surface area contributed by atoms with E-state index in [-0.39, 0.29) is 0 Å². The van der Waals surface area contributed by atoms with Crippen LogP contribution in [0.3, 0.4) is 0 Å². The standard InChI is InChI=1S/C31H26N2/c1-3-5-10-22-13-16-28-29-18-15-24-20-23(25(21-32)9-4-2)14-17-27(24)31(29)33(30(28)19-22)26-11-7-6-8-12-26/h3-9,11-21,32H,2,10H2,1H3/b5-3-,25-9+,32-21?. The third kappa shape index (κ3) is 3.60. The van der Waals surface area contributed by atoms with Gasteiger partial charge < -0.3 is 9.98 Å². The van der Waals surface area contributed by atoms with Crippen molar-refractivity contribution in [3.63, 3.8) is 0 Å². The number of hydrogen-bond acceptors (Lipinski definition) is 1. The molecule has 0 unspecified atom stereocenters. The van der Waals surface area contributed by atoms with Crippen LogP contribution in [0.1, 0.15) is 18.1 Å². The summed E-state index contributed by atoms with van der Waals surface area (Å²) in [5, 5.41) is 12.6. The minimum Gasteiger partial charge on any atom is -0.309 e. The van der Waals surface area contributed by atoms with Gasteiger partial charge in [0.15, 0.2) is 0 Å². The number of para-hydroxylation sites is 1. The lowest BCUT2D eigenvalue weighted by Crippen LogP contribution is -1.95. The highest BCUT2D eigenvalue weighted by molar-refractivity contribution is 6.19. The van der Waals surface area contributed by atoms with Crippen molar-refractivity contribution >= 4 is 44.4 Å². The quantitative estimate of drug-likeness (QED) is 0.161. The summed E-state index contributed by atoms with van der Waals surface area (Å²) in [6, 6.07) is 28.3. The second-order valence-corrected chi connectivity index (χ2v) is 8.20. The molecule has 0 amide bonds. The molecule has 0 saturated carbocycles. The van der Waals surface area contributed by atoms with Crippen LogP contribution >= 0.6 is 0 Å².